The molecule has 0 aliphatic carbocycles. The number of aryl methyl sites for hydroxylation is 1. The number of anilines is 1. The number of hydrogen-bond donors (Lipinski definition) is 1. The summed E-state index contributed by atoms with van der Waals surface area (Å²) in [6.07, 6.45) is 0. The topological polar surface area (TPSA) is 73.2 Å². The molecule has 1 heterocycles. The van der Waals surface area contributed by atoms with Crippen LogP contribution in [0, 0.1) is 13.8 Å². The van der Waals surface area contributed by atoms with E-state index in [4.69, 9.17) is 9.72 Å². The average molecular weight is 536 g/mol. The van der Waals surface area contributed by atoms with Crippen molar-refractivity contribution in [2.24, 2.45) is 0 Å². The molecule has 1 unspecified atom stereocenters. The van der Waals surface area contributed by atoms with Crippen LogP contribution in [0.15, 0.2) is 107 Å². The predicted molar refractivity (Wildman–Crippen MR) is 158 cm³/mol. The van der Waals surface area contributed by atoms with Crippen molar-refractivity contribution in [3.05, 3.63) is 124 Å². The second-order valence-corrected chi connectivity index (χ2v) is 10.2. The monoisotopic (exact) mass is 535 g/mol. The number of carbonyl (C=O) groups excluding carboxylic acids is 1. The molecule has 1 N–H and O–H groups in total. The summed E-state index contributed by atoms with van der Waals surface area (Å²) in [5.74, 6) is 0.356. The Morgan fingerprint density at radius 2 is 1.64 bits per heavy atom. The maximum absolute atomic E-state index is 13.9. The fourth-order valence-corrected chi connectivity index (χ4v) is 5.55. The van der Waals surface area contributed by atoms with Crippen molar-refractivity contribution in [3.63, 3.8) is 0 Å². The molecule has 5 rings (SSSR count). The van der Waals surface area contributed by atoms with Gasteiger partial charge in [-0.15, -0.1) is 0 Å². The van der Waals surface area contributed by atoms with Crippen molar-refractivity contribution in [3.8, 4) is 11.4 Å². The molecular formula is C32H29N3O3S. The van der Waals surface area contributed by atoms with E-state index in [0.717, 1.165) is 22.4 Å². The van der Waals surface area contributed by atoms with Gasteiger partial charge in [-0.1, -0.05) is 78.5 Å². The second-order valence-electron chi connectivity index (χ2n) is 9.10. The molecule has 0 fully saturated rings. The van der Waals surface area contributed by atoms with Gasteiger partial charge in [-0.25, -0.2) is 4.98 Å². The van der Waals surface area contributed by atoms with Gasteiger partial charge in [0.1, 0.15) is 11.0 Å². The smallest absolute Gasteiger partial charge is 0.266 e. The molecule has 1 atom stereocenters. The van der Waals surface area contributed by atoms with E-state index in [2.05, 4.69) is 5.32 Å². The number of nitrogens with one attached hydrogen (secondary N) is 1. The van der Waals surface area contributed by atoms with Gasteiger partial charge in [0, 0.05) is 0 Å². The standard InChI is InChI=1S/C32H29N3O3S/c1-4-38-28-20-11-10-18-26(28)33-30(36)29(23-14-6-5-7-15-23)39-32-34-25-17-9-8-16-24(25)31(37)35(32)27-19-12-13-21(2)22(27)3/h5-20,29H,4H2,1-3H3,(H,33,36). The Kier molecular flexibility index (Phi) is 7.79. The second kappa shape index (κ2) is 11.6. The van der Waals surface area contributed by atoms with Crippen LogP contribution in [0.5, 0.6) is 5.75 Å². The SMILES string of the molecule is CCOc1ccccc1NC(=O)C(Sc1nc2ccccc2c(=O)n1-c1cccc(C)c1C)c1ccccc1. The fraction of sp³-hybridized carbons (Fsp3) is 0.156. The van der Waals surface area contributed by atoms with Crippen molar-refractivity contribution >= 4 is 34.3 Å². The first kappa shape index (κ1) is 26.3. The molecule has 1 aromatic heterocycles. The lowest BCUT2D eigenvalue weighted by Gasteiger charge is -2.21. The Labute approximate surface area is 231 Å². The molecule has 0 saturated heterocycles. The van der Waals surface area contributed by atoms with Crippen molar-refractivity contribution < 1.29 is 9.53 Å². The van der Waals surface area contributed by atoms with Gasteiger partial charge in [-0.3, -0.25) is 14.2 Å². The number of aromatic nitrogens is 2. The Morgan fingerprint density at radius 1 is 0.923 bits per heavy atom. The third kappa shape index (κ3) is 5.45. The van der Waals surface area contributed by atoms with Crippen LogP contribution in [0.3, 0.4) is 0 Å². The van der Waals surface area contributed by atoms with Crippen LogP contribution < -0.4 is 15.6 Å². The number of nitrogens with zero attached hydrogens (tertiary/aromatic N) is 2. The van der Waals surface area contributed by atoms with Gasteiger partial charge in [0.25, 0.3) is 5.56 Å². The highest BCUT2D eigenvalue weighted by Crippen LogP contribution is 2.37. The average Bonchev–Trinajstić information content (AvgIpc) is 2.95. The number of benzene rings is 4. The third-order valence-electron chi connectivity index (χ3n) is 6.57. The van der Waals surface area contributed by atoms with E-state index >= 15 is 0 Å². The van der Waals surface area contributed by atoms with Crippen LogP contribution in [-0.4, -0.2) is 22.1 Å². The first-order valence-corrected chi connectivity index (χ1v) is 13.7. The number of thioether (sulfide) groups is 1. The zero-order chi connectivity index (χ0) is 27.4. The van der Waals surface area contributed by atoms with Gasteiger partial charge < -0.3 is 10.1 Å². The van der Waals surface area contributed by atoms with Crippen LogP contribution in [0.1, 0.15) is 28.9 Å². The lowest BCUT2D eigenvalue weighted by Crippen LogP contribution is -2.25. The lowest BCUT2D eigenvalue weighted by molar-refractivity contribution is -0.115. The molecule has 1 amide bonds. The van der Waals surface area contributed by atoms with Crippen LogP contribution in [0.2, 0.25) is 0 Å². The number of amides is 1. The largest absolute Gasteiger partial charge is 0.492 e. The molecule has 0 spiro atoms. The van der Waals surface area contributed by atoms with E-state index in [9.17, 15) is 9.59 Å². The highest BCUT2D eigenvalue weighted by atomic mass is 32.2. The summed E-state index contributed by atoms with van der Waals surface area (Å²) in [6, 6.07) is 30.1. The van der Waals surface area contributed by atoms with E-state index < -0.39 is 5.25 Å². The molecule has 7 heteroatoms. The van der Waals surface area contributed by atoms with Gasteiger partial charge in [-0.2, -0.15) is 0 Å². The minimum atomic E-state index is -0.690. The number of hydrogen-bond acceptors (Lipinski definition) is 5. The minimum Gasteiger partial charge on any atom is -0.492 e. The van der Waals surface area contributed by atoms with Gasteiger partial charge in [0.05, 0.1) is 28.9 Å². The van der Waals surface area contributed by atoms with Crippen LogP contribution >= 0.6 is 11.8 Å². The summed E-state index contributed by atoms with van der Waals surface area (Å²) in [5.41, 5.74) is 4.58. The van der Waals surface area contributed by atoms with Gasteiger partial charge in [0.2, 0.25) is 5.91 Å². The minimum absolute atomic E-state index is 0.175. The molecule has 0 saturated carbocycles. The molecule has 0 radical (unpaired) electrons. The number of rotatable bonds is 8. The lowest BCUT2D eigenvalue weighted by atomic mass is 10.1. The van der Waals surface area contributed by atoms with Crippen LogP contribution in [0.4, 0.5) is 5.69 Å². The molecule has 0 bridgehead atoms. The normalized spacial score (nSPS) is 11.8. The molecular weight excluding hydrogens is 506 g/mol. The van der Waals surface area contributed by atoms with Crippen molar-refractivity contribution in [2.45, 2.75) is 31.2 Å². The highest BCUT2D eigenvalue weighted by Gasteiger charge is 2.27. The maximum Gasteiger partial charge on any atom is 0.266 e. The summed E-state index contributed by atoms with van der Waals surface area (Å²) >= 11 is 1.25. The van der Waals surface area contributed by atoms with E-state index in [0.29, 0.717) is 34.1 Å². The molecule has 5 aromatic rings. The zero-order valence-electron chi connectivity index (χ0n) is 22.0. The van der Waals surface area contributed by atoms with Crippen LogP contribution in [0.25, 0.3) is 16.6 Å². The summed E-state index contributed by atoms with van der Waals surface area (Å²) in [5, 5.41) is 3.32. The molecule has 0 aliphatic heterocycles. The van der Waals surface area contributed by atoms with E-state index in [1.807, 2.05) is 112 Å². The van der Waals surface area contributed by atoms with Gasteiger partial charge >= 0.3 is 0 Å². The Hall–Kier alpha value is -4.36. The number of carbonyl (C=O) groups is 1. The van der Waals surface area contributed by atoms with Crippen molar-refractivity contribution in [1.29, 1.82) is 0 Å². The summed E-state index contributed by atoms with van der Waals surface area (Å²) in [4.78, 5) is 32.7. The number of fused-ring (bicyclic) bond motifs is 1. The van der Waals surface area contributed by atoms with Crippen molar-refractivity contribution in [2.75, 3.05) is 11.9 Å². The van der Waals surface area contributed by atoms with Crippen molar-refractivity contribution in [1.82, 2.24) is 9.55 Å². The Balaban J connectivity index is 1.65. The molecule has 196 valence electrons. The number of para-hydroxylation sites is 3. The van der Waals surface area contributed by atoms with Gasteiger partial charge in [-0.05, 0) is 67.8 Å². The number of ether oxygens (including phenoxy) is 1. The Bertz CT molecular complexity index is 1700. The maximum atomic E-state index is 13.9. The zero-order valence-corrected chi connectivity index (χ0v) is 22.9. The summed E-state index contributed by atoms with van der Waals surface area (Å²) in [6.45, 7) is 6.39. The first-order chi connectivity index (χ1) is 19.0. The molecule has 0 aliphatic rings. The highest BCUT2D eigenvalue weighted by molar-refractivity contribution is 8.00. The molecule has 4 aromatic carbocycles. The fourth-order valence-electron chi connectivity index (χ4n) is 4.44. The molecule has 6 nitrogen and oxygen atoms in total. The van der Waals surface area contributed by atoms with Crippen LogP contribution in [-0.2, 0) is 4.79 Å². The van der Waals surface area contributed by atoms with E-state index in [1.165, 1.54) is 11.8 Å². The Morgan fingerprint density at radius 3 is 2.44 bits per heavy atom. The predicted octanol–water partition coefficient (Wildman–Crippen LogP) is 6.87. The van der Waals surface area contributed by atoms with Gasteiger partial charge in [0.15, 0.2) is 5.16 Å². The summed E-state index contributed by atoms with van der Waals surface area (Å²) < 4.78 is 7.36. The first-order valence-electron chi connectivity index (χ1n) is 12.8. The third-order valence-corrected chi connectivity index (χ3v) is 7.78. The molecule has 39 heavy (non-hydrogen) atoms. The van der Waals surface area contributed by atoms with E-state index in [1.54, 1.807) is 10.6 Å². The quantitative estimate of drug-likeness (QED) is 0.173. The van der Waals surface area contributed by atoms with E-state index in [-0.39, 0.29) is 11.5 Å². The summed E-state index contributed by atoms with van der Waals surface area (Å²) in [7, 11) is 0.